The van der Waals surface area contributed by atoms with Gasteiger partial charge in [-0.25, -0.2) is 4.99 Å². The SMILES string of the molecule is COc1ccc(CCNC(=NCC(=O)N(C)C)N2CCN(Cc3ccccc3)CC2)cc1. The van der Waals surface area contributed by atoms with E-state index in [0.29, 0.717) is 0 Å². The van der Waals surface area contributed by atoms with Crippen LogP contribution in [0.3, 0.4) is 0 Å². The van der Waals surface area contributed by atoms with E-state index in [4.69, 9.17) is 4.74 Å². The third-order valence-electron chi connectivity index (χ3n) is 5.64. The molecule has 0 radical (unpaired) electrons. The Hall–Kier alpha value is -3.06. The van der Waals surface area contributed by atoms with Gasteiger partial charge in [0, 0.05) is 53.4 Å². The van der Waals surface area contributed by atoms with E-state index < -0.39 is 0 Å². The van der Waals surface area contributed by atoms with Crippen molar-refractivity contribution in [3.63, 3.8) is 0 Å². The van der Waals surface area contributed by atoms with Gasteiger partial charge in [-0.2, -0.15) is 0 Å². The number of methoxy groups -OCH3 is 1. The second-order valence-electron chi connectivity index (χ2n) is 8.20. The van der Waals surface area contributed by atoms with Crippen molar-refractivity contribution in [3.8, 4) is 5.75 Å². The molecule has 1 N–H and O–H groups in total. The van der Waals surface area contributed by atoms with Gasteiger partial charge in [0.15, 0.2) is 5.96 Å². The van der Waals surface area contributed by atoms with Crippen LogP contribution < -0.4 is 10.1 Å². The van der Waals surface area contributed by atoms with Crippen molar-refractivity contribution in [2.24, 2.45) is 4.99 Å². The Morgan fingerprint density at radius 1 is 1.00 bits per heavy atom. The molecule has 0 atom stereocenters. The fraction of sp³-hybridized carbons (Fsp3) is 0.440. The van der Waals surface area contributed by atoms with E-state index in [9.17, 15) is 4.79 Å². The number of hydrogen-bond acceptors (Lipinski definition) is 4. The number of ether oxygens (including phenoxy) is 1. The molecule has 0 saturated carbocycles. The zero-order valence-corrected chi connectivity index (χ0v) is 19.5. The molecule has 0 aliphatic carbocycles. The number of hydrogen-bond donors (Lipinski definition) is 1. The molecule has 0 bridgehead atoms. The van der Waals surface area contributed by atoms with Crippen LogP contribution in [0.5, 0.6) is 5.75 Å². The zero-order valence-electron chi connectivity index (χ0n) is 19.5. The minimum Gasteiger partial charge on any atom is -0.497 e. The topological polar surface area (TPSA) is 60.4 Å². The van der Waals surface area contributed by atoms with E-state index in [-0.39, 0.29) is 12.5 Å². The van der Waals surface area contributed by atoms with Gasteiger partial charge in [0.1, 0.15) is 12.3 Å². The van der Waals surface area contributed by atoms with Crippen LogP contribution in [-0.2, 0) is 17.8 Å². The Bertz CT molecular complexity index is 860. The van der Waals surface area contributed by atoms with Crippen molar-refractivity contribution < 1.29 is 9.53 Å². The smallest absolute Gasteiger partial charge is 0.243 e. The van der Waals surface area contributed by atoms with Crippen molar-refractivity contribution in [2.45, 2.75) is 13.0 Å². The van der Waals surface area contributed by atoms with Gasteiger partial charge < -0.3 is 19.9 Å². The van der Waals surface area contributed by atoms with Crippen LogP contribution in [-0.4, -0.2) is 87.0 Å². The summed E-state index contributed by atoms with van der Waals surface area (Å²) in [6.07, 6.45) is 0.874. The van der Waals surface area contributed by atoms with Gasteiger partial charge in [0.25, 0.3) is 0 Å². The predicted octanol–water partition coefficient (Wildman–Crippen LogP) is 2.09. The molecular weight excluding hydrogens is 402 g/mol. The number of carbonyl (C=O) groups is 1. The Morgan fingerprint density at radius 2 is 1.69 bits per heavy atom. The molecule has 0 unspecified atom stereocenters. The van der Waals surface area contributed by atoms with Crippen molar-refractivity contribution in [1.29, 1.82) is 0 Å². The molecule has 1 fully saturated rings. The third-order valence-corrected chi connectivity index (χ3v) is 5.64. The monoisotopic (exact) mass is 437 g/mol. The largest absolute Gasteiger partial charge is 0.497 e. The first-order valence-electron chi connectivity index (χ1n) is 11.2. The lowest BCUT2D eigenvalue weighted by Gasteiger charge is -2.36. The van der Waals surface area contributed by atoms with E-state index in [0.717, 1.165) is 57.4 Å². The highest BCUT2D eigenvalue weighted by molar-refractivity contribution is 5.85. The lowest BCUT2D eigenvalue weighted by molar-refractivity contribution is -0.127. The fourth-order valence-electron chi connectivity index (χ4n) is 3.62. The van der Waals surface area contributed by atoms with E-state index in [2.05, 4.69) is 62.6 Å². The fourth-order valence-corrected chi connectivity index (χ4v) is 3.62. The summed E-state index contributed by atoms with van der Waals surface area (Å²) >= 11 is 0. The first-order chi connectivity index (χ1) is 15.5. The van der Waals surface area contributed by atoms with Gasteiger partial charge >= 0.3 is 0 Å². The summed E-state index contributed by atoms with van der Waals surface area (Å²) in [4.78, 5) is 23.0. The minimum atomic E-state index is 0.00201. The molecule has 0 spiro atoms. The van der Waals surface area contributed by atoms with Crippen LogP contribution in [0.25, 0.3) is 0 Å². The summed E-state index contributed by atoms with van der Waals surface area (Å²) in [7, 11) is 5.20. The van der Waals surface area contributed by atoms with E-state index in [1.165, 1.54) is 11.1 Å². The lowest BCUT2D eigenvalue weighted by atomic mass is 10.1. The normalized spacial score (nSPS) is 14.8. The van der Waals surface area contributed by atoms with Crippen molar-refractivity contribution in [2.75, 3.05) is 60.5 Å². The second kappa shape index (κ2) is 12.1. The minimum absolute atomic E-state index is 0.00201. The summed E-state index contributed by atoms with van der Waals surface area (Å²) < 4.78 is 5.23. The molecule has 7 nitrogen and oxygen atoms in total. The Kier molecular flexibility index (Phi) is 8.92. The molecule has 1 aliphatic heterocycles. The molecule has 0 aromatic heterocycles. The number of nitrogens with zero attached hydrogens (tertiary/aromatic N) is 4. The maximum absolute atomic E-state index is 12.1. The van der Waals surface area contributed by atoms with E-state index >= 15 is 0 Å². The van der Waals surface area contributed by atoms with Crippen LogP contribution in [0.2, 0.25) is 0 Å². The quantitative estimate of drug-likeness (QED) is 0.506. The summed E-state index contributed by atoms with van der Waals surface area (Å²) in [5, 5.41) is 3.48. The number of nitrogens with one attached hydrogen (secondary N) is 1. The van der Waals surface area contributed by atoms with Gasteiger partial charge in [0.2, 0.25) is 5.91 Å². The number of likely N-dealkylation sites (N-methyl/N-ethyl adjacent to an activating group) is 1. The number of carbonyl (C=O) groups excluding carboxylic acids is 1. The number of guanidine groups is 1. The third kappa shape index (κ3) is 7.27. The Morgan fingerprint density at radius 3 is 2.31 bits per heavy atom. The average Bonchev–Trinajstić information content (AvgIpc) is 2.82. The first kappa shape index (κ1) is 23.6. The number of amides is 1. The van der Waals surface area contributed by atoms with Crippen molar-refractivity contribution in [1.82, 2.24) is 20.0 Å². The molecular formula is C25H35N5O2. The van der Waals surface area contributed by atoms with Gasteiger partial charge in [0.05, 0.1) is 7.11 Å². The van der Waals surface area contributed by atoms with E-state index in [1.54, 1.807) is 26.1 Å². The molecule has 7 heteroatoms. The predicted molar refractivity (Wildman–Crippen MR) is 129 cm³/mol. The summed E-state index contributed by atoms with van der Waals surface area (Å²) in [5.41, 5.74) is 2.57. The van der Waals surface area contributed by atoms with Gasteiger partial charge in [-0.15, -0.1) is 0 Å². The average molecular weight is 438 g/mol. The molecule has 2 aromatic rings. The van der Waals surface area contributed by atoms with Crippen LogP contribution in [0.1, 0.15) is 11.1 Å². The van der Waals surface area contributed by atoms with Crippen molar-refractivity contribution >= 4 is 11.9 Å². The highest BCUT2D eigenvalue weighted by Crippen LogP contribution is 2.12. The molecule has 2 aromatic carbocycles. The maximum atomic E-state index is 12.1. The van der Waals surface area contributed by atoms with E-state index in [1.807, 2.05) is 12.1 Å². The van der Waals surface area contributed by atoms with Gasteiger partial charge in [-0.1, -0.05) is 42.5 Å². The highest BCUT2D eigenvalue weighted by Gasteiger charge is 2.20. The summed E-state index contributed by atoms with van der Waals surface area (Å²) in [5.74, 6) is 1.68. The molecule has 1 amide bonds. The zero-order chi connectivity index (χ0) is 22.8. The number of aliphatic imine (C=N–C) groups is 1. The Labute approximate surface area is 191 Å². The first-order valence-corrected chi connectivity index (χ1v) is 11.2. The van der Waals surface area contributed by atoms with Crippen LogP contribution >= 0.6 is 0 Å². The number of benzene rings is 2. The summed E-state index contributed by atoms with van der Waals surface area (Å²) in [6, 6.07) is 18.7. The highest BCUT2D eigenvalue weighted by atomic mass is 16.5. The standard InChI is InChI=1S/C25H35N5O2/c1-28(2)24(31)19-27-25(26-14-13-21-9-11-23(32-3)12-10-21)30-17-15-29(16-18-30)20-22-7-5-4-6-8-22/h4-12H,13-20H2,1-3H3,(H,26,27). The van der Waals surface area contributed by atoms with Gasteiger partial charge in [-0.3, -0.25) is 9.69 Å². The molecule has 1 heterocycles. The number of rotatable bonds is 8. The molecule has 1 aliphatic rings. The molecule has 3 rings (SSSR count). The van der Waals surface area contributed by atoms with Crippen molar-refractivity contribution in [3.05, 3.63) is 65.7 Å². The maximum Gasteiger partial charge on any atom is 0.243 e. The molecule has 32 heavy (non-hydrogen) atoms. The number of piperazine rings is 1. The lowest BCUT2D eigenvalue weighted by Crippen LogP contribution is -2.52. The Balaban J connectivity index is 1.55. The van der Waals surface area contributed by atoms with Crippen LogP contribution in [0.15, 0.2) is 59.6 Å². The summed E-state index contributed by atoms with van der Waals surface area (Å²) in [6.45, 7) is 5.58. The van der Waals surface area contributed by atoms with Crippen LogP contribution in [0.4, 0.5) is 0 Å². The van der Waals surface area contributed by atoms with Crippen LogP contribution in [0, 0.1) is 0 Å². The second-order valence-corrected chi connectivity index (χ2v) is 8.20. The molecule has 1 saturated heterocycles. The van der Waals surface area contributed by atoms with Gasteiger partial charge in [-0.05, 0) is 29.7 Å². The molecule has 172 valence electrons.